The van der Waals surface area contributed by atoms with E-state index in [0.29, 0.717) is 18.0 Å². The first-order valence-electron chi connectivity index (χ1n) is 6.59. The van der Waals surface area contributed by atoms with Gasteiger partial charge in [-0.25, -0.2) is 13.1 Å². The molecule has 0 heterocycles. The zero-order valence-electron chi connectivity index (χ0n) is 12.3. The lowest BCUT2D eigenvalue weighted by Gasteiger charge is -2.09. The SMILES string of the molecule is CC(=O)c1ccc(S(=O)(=O)NCC(=O)NCC(C)C)cc1. The van der Waals surface area contributed by atoms with Crippen LogP contribution in [0, 0.1) is 5.92 Å². The Labute approximate surface area is 125 Å². The number of benzene rings is 1. The van der Waals surface area contributed by atoms with Crippen LogP contribution in [0.2, 0.25) is 0 Å². The number of rotatable bonds is 7. The van der Waals surface area contributed by atoms with Crippen LogP contribution in [0.4, 0.5) is 0 Å². The first kappa shape index (κ1) is 17.3. The summed E-state index contributed by atoms with van der Waals surface area (Å²) in [6.07, 6.45) is 0. The van der Waals surface area contributed by atoms with Crippen molar-refractivity contribution in [1.29, 1.82) is 0 Å². The Morgan fingerprint density at radius 1 is 1.14 bits per heavy atom. The second-order valence-corrected chi connectivity index (χ2v) is 6.87. The standard InChI is InChI=1S/C14H20N2O4S/c1-10(2)8-15-14(18)9-16-21(19,20)13-6-4-12(5-7-13)11(3)17/h4-7,10,16H,8-9H2,1-3H3,(H,15,18). The van der Waals surface area contributed by atoms with E-state index in [9.17, 15) is 18.0 Å². The fourth-order valence-electron chi connectivity index (χ4n) is 1.49. The number of hydrogen-bond donors (Lipinski definition) is 2. The second kappa shape index (κ2) is 7.33. The molecular formula is C14H20N2O4S. The van der Waals surface area contributed by atoms with Crippen molar-refractivity contribution < 1.29 is 18.0 Å². The highest BCUT2D eigenvalue weighted by molar-refractivity contribution is 7.89. The number of Topliss-reactive ketones (excluding diaryl/α,β-unsaturated/α-hetero) is 1. The number of amides is 1. The van der Waals surface area contributed by atoms with Gasteiger partial charge in [-0.05, 0) is 25.0 Å². The molecule has 0 aliphatic rings. The number of carbonyl (C=O) groups excluding carboxylic acids is 2. The molecule has 0 spiro atoms. The van der Waals surface area contributed by atoms with E-state index in [4.69, 9.17) is 0 Å². The maximum atomic E-state index is 12.0. The molecular weight excluding hydrogens is 292 g/mol. The Morgan fingerprint density at radius 2 is 1.71 bits per heavy atom. The van der Waals surface area contributed by atoms with Crippen molar-refractivity contribution in [2.45, 2.75) is 25.7 Å². The molecule has 1 amide bonds. The molecule has 0 unspecified atom stereocenters. The van der Waals surface area contributed by atoms with Crippen LogP contribution in [-0.4, -0.2) is 33.2 Å². The van der Waals surface area contributed by atoms with Crippen molar-refractivity contribution in [2.24, 2.45) is 5.92 Å². The molecule has 7 heteroatoms. The highest BCUT2D eigenvalue weighted by Crippen LogP contribution is 2.10. The lowest BCUT2D eigenvalue weighted by Crippen LogP contribution is -2.38. The lowest BCUT2D eigenvalue weighted by atomic mass is 10.2. The molecule has 6 nitrogen and oxygen atoms in total. The summed E-state index contributed by atoms with van der Waals surface area (Å²) in [7, 11) is -3.76. The van der Waals surface area contributed by atoms with Crippen molar-refractivity contribution in [1.82, 2.24) is 10.0 Å². The van der Waals surface area contributed by atoms with Crippen LogP contribution in [0.3, 0.4) is 0 Å². The number of nitrogens with one attached hydrogen (secondary N) is 2. The molecule has 0 aliphatic carbocycles. The second-order valence-electron chi connectivity index (χ2n) is 5.10. The van der Waals surface area contributed by atoms with E-state index in [1.165, 1.54) is 31.2 Å². The van der Waals surface area contributed by atoms with E-state index in [1.54, 1.807) is 0 Å². The smallest absolute Gasteiger partial charge is 0.241 e. The van der Waals surface area contributed by atoms with Crippen molar-refractivity contribution in [2.75, 3.05) is 13.1 Å². The van der Waals surface area contributed by atoms with Gasteiger partial charge in [0.05, 0.1) is 11.4 Å². The van der Waals surface area contributed by atoms with E-state index in [0.717, 1.165) is 0 Å². The lowest BCUT2D eigenvalue weighted by molar-refractivity contribution is -0.120. The van der Waals surface area contributed by atoms with Gasteiger partial charge in [-0.1, -0.05) is 26.0 Å². The zero-order valence-corrected chi connectivity index (χ0v) is 13.2. The van der Waals surface area contributed by atoms with Crippen LogP contribution in [0.25, 0.3) is 0 Å². The molecule has 0 bridgehead atoms. The maximum absolute atomic E-state index is 12.0. The first-order valence-corrected chi connectivity index (χ1v) is 8.08. The molecule has 0 atom stereocenters. The van der Waals surface area contributed by atoms with Gasteiger partial charge in [0.15, 0.2) is 5.78 Å². The van der Waals surface area contributed by atoms with Crippen LogP contribution in [0.5, 0.6) is 0 Å². The Kier molecular flexibility index (Phi) is 6.04. The summed E-state index contributed by atoms with van der Waals surface area (Å²) in [4.78, 5) is 22.6. The molecule has 21 heavy (non-hydrogen) atoms. The number of sulfonamides is 1. The number of ketones is 1. The average molecular weight is 312 g/mol. The van der Waals surface area contributed by atoms with Crippen LogP contribution < -0.4 is 10.0 Å². The molecule has 116 valence electrons. The van der Waals surface area contributed by atoms with Crippen molar-refractivity contribution in [3.05, 3.63) is 29.8 Å². The van der Waals surface area contributed by atoms with Crippen LogP contribution in [0.15, 0.2) is 29.2 Å². The van der Waals surface area contributed by atoms with Crippen molar-refractivity contribution in [3.8, 4) is 0 Å². The number of carbonyl (C=O) groups is 2. The van der Waals surface area contributed by atoms with Gasteiger partial charge in [0.25, 0.3) is 0 Å². The quantitative estimate of drug-likeness (QED) is 0.733. The minimum atomic E-state index is -3.76. The highest BCUT2D eigenvalue weighted by atomic mass is 32.2. The third-order valence-electron chi connectivity index (χ3n) is 2.70. The van der Waals surface area contributed by atoms with Gasteiger partial charge in [0.1, 0.15) is 0 Å². The Bertz CT molecular complexity index is 606. The molecule has 2 N–H and O–H groups in total. The van der Waals surface area contributed by atoms with Gasteiger partial charge in [-0.2, -0.15) is 0 Å². The summed E-state index contributed by atoms with van der Waals surface area (Å²) < 4.78 is 26.2. The van der Waals surface area contributed by atoms with E-state index in [-0.39, 0.29) is 23.1 Å². The van der Waals surface area contributed by atoms with Gasteiger partial charge < -0.3 is 5.32 Å². The third-order valence-corrected chi connectivity index (χ3v) is 4.12. The molecule has 0 aliphatic heterocycles. The van der Waals surface area contributed by atoms with Crippen molar-refractivity contribution in [3.63, 3.8) is 0 Å². The topological polar surface area (TPSA) is 92.3 Å². The number of hydrogen-bond acceptors (Lipinski definition) is 4. The third kappa shape index (κ3) is 5.65. The Hall–Kier alpha value is -1.73. The fourth-order valence-corrected chi connectivity index (χ4v) is 2.48. The van der Waals surface area contributed by atoms with E-state index >= 15 is 0 Å². The van der Waals surface area contributed by atoms with Crippen molar-refractivity contribution >= 4 is 21.7 Å². The molecule has 0 aromatic heterocycles. The predicted octanol–water partition coefficient (Wildman–Crippen LogP) is 0.940. The zero-order chi connectivity index (χ0) is 16.0. The van der Waals surface area contributed by atoms with Crippen LogP contribution >= 0.6 is 0 Å². The summed E-state index contributed by atoms with van der Waals surface area (Å²) in [5.74, 6) is -0.225. The Morgan fingerprint density at radius 3 is 2.19 bits per heavy atom. The predicted molar refractivity (Wildman–Crippen MR) is 79.5 cm³/mol. The summed E-state index contributed by atoms with van der Waals surface area (Å²) in [6, 6.07) is 5.56. The van der Waals surface area contributed by atoms with Gasteiger partial charge in [0, 0.05) is 12.1 Å². The average Bonchev–Trinajstić information content (AvgIpc) is 2.43. The van der Waals surface area contributed by atoms with Gasteiger partial charge in [-0.3, -0.25) is 9.59 Å². The van der Waals surface area contributed by atoms with E-state index < -0.39 is 10.0 Å². The molecule has 1 aromatic carbocycles. The highest BCUT2D eigenvalue weighted by Gasteiger charge is 2.15. The molecule has 1 rings (SSSR count). The molecule has 0 saturated heterocycles. The van der Waals surface area contributed by atoms with Crippen LogP contribution in [0.1, 0.15) is 31.1 Å². The van der Waals surface area contributed by atoms with Gasteiger partial charge >= 0.3 is 0 Å². The molecule has 0 saturated carbocycles. The van der Waals surface area contributed by atoms with Gasteiger partial charge in [0.2, 0.25) is 15.9 Å². The summed E-state index contributed by atoms with van der Waals surface area (Å²) in [5, 5.41) is 2.62. The summed E-state index contributed by atoms with van der Waals surface area (Å²) >= 11 is 0. The molecule has 1 aromatic rings. The van der Waals surface area contributed by atoms with Gasteiger partial charge in [-0.15, -0.1) is 0 Å². The first-order chi connectivity index (χ1) is 9.72. The molecule has 0 fully saturated rings. The van der Waals surface area contributed by atoms with E-state index in [1.807, 2.05) is 13.8 Å². The van der Waals surface area contributed by atoms with Crippen LogP contribution in [-0.2, 0) is 14.8 Å². The molecule has 0 radical (unpaired) electrons. The monoisotopic (exact) mass is 312 g/mol. The fraction of sp³-hybridized carbons (Fsp3) is 0.429. The largest absolute Gasteiger partial charge is 0.355 e. The maximum Gasteiger partial charge on any atom is 0.241 e. The normalized spacial score (nSPS) is 11.4. The summed E-state index contributed by atoms with van der Waals surface area (Å²) in [6.45, 7) is 5.47. The summed E-state index contributed by atoms with van der Waals surface area (Å²) in [5.41, 5.74) is 0.434. The minimum Gasteiger partial charge on any atom is -0.355 e. The minimum absolute atomic E-state index is 0.0177. The Balaban J connectivity index is 2.65. The van der Waals surface area contributed by atoms with E-state index in [2.05, 4.69) is 10.0 Å².